The molecule has 0 unspecified atom stereocenters. The van der Waals surface area contributed by atoms with Crippen molar-refractivity contribution in [2.75, 3.05) is 12.3 Å². The van der Waals surface area contributed by atoms with Crippen LogP contribution in [0.25, 0.3) is 10.9 Å². The van der Waals surface area contributed by atoms with Crippen LogP contribution in [0.2, 0.25) is 0 Å². The number of thioether (sulfide) groups is 1. The van der Waals surface area contributed by atoms with Gasteiger partial charge in [-0.15, -0.1) is 0 Å². The summed E-state index contributed by atoms with van der Waals surface area (Å²) in [4.78, 5) is 16.6. The van der Waals surface area contributed by atoms with Gasteiger partial charge in [0, 0.05) is 23.7 Å². The van der Waals surface area contributed by atoms with Crippen LogP contribution >= 0.6 is 27.7 Å². The van der Waals surface area contributed by atoms with E-state index < -0.39 is 0 Å². The summed E-state index contributed by atoms with van der Waals surface area (Å²) in [5.74, 6) is 0.810. The molecule has 1 aromatic heterocycles. The number of para-hydroxylation sites is 1. The zero-order valence-corrected chi connectivity index (χ0v) is 12.7. The predicted molar refractivity (Wildman–Crippen MR) is 82.8 cm³/mol. The number of nitrogens with one attached hydrogen (secondary N) is 1. The molecule has 0 fully saturated rings. The SMILES string of the molecule is Cn1c(C(=O)NC2=NCCS2)c(Br)c2ccccc21. The van der Waals surface area contributed by atoms with Crippen molar-refractivity contribution < 1.29 is 4.79 Å². The number of hydrogen-bond donors (Lipinski definition) is 1. The van der Waals surface area contributed by atoms with Gasteiger partial charge < -0.3 is 4.57 Å². The minimum Gasteiger partial charge on any atom is -0.339 e. The monoisotopic (exact) mass is 337 g/mol. The number of amides is 1. The highest BCUT2D eigenvalue weighted by Gasteiger charge is 2.21. The van der Waals surface area contributed by atoms with E-state index in [4.69, 9.17) is 0 Å². The number of halogens is 1. The fraction of sp³-hybridized carbons (Fsp3) is 0.231. The quantitative estimate of drug-likeness (QED) is 0.869. The van der Waals surface area contributed by atoms with Crippen molar-refractivity contribution in [3.63, 3.8) is 0 Å². The Kier molecular flexibility index (Phi) is 3.36. The average molecular weight is 338 g/mol. The third-order valence-corrected chi connectivity index (χ3v) is 4.76. The zero-order chi connectivity index (χ0) is 13.4. The van der Waals surface area contributed by atoms with E-state index in [9.17, 15) is 4.79 Å². The lowest BCUT2D eigenvalue weighted by molar-refractivity contribution is 0.0969. The summed E-state index contributed by atoms with van der Waals surface area (Å²) < 4.78 is 2.72. The largest absolute Gasteiger partial charge is 0.339 e. The number of fused-ring (bicyclic) bond motifs is 1. The molecule has 98 valence electrons. The van der Waals surface area contributed by atoms with Crippen molar-refractivity contribution in [1.29, 1.82) is 0 Å². The van der Waals surface area contributed by atoms with Crippen LogP contribution in [0, 0.1) is 0 Å². The summed E-state index contributed by atoms with van der Waals surface area (Å²) in [6.07, 6.45) is 0. The number of carbonyl (C=O) groups is 1. The Balaban J connectivity index is 2.02. The van der Waals surface area contributed by atoms with Crippen LogP contribution in [-0.2, 0) is 7.05 Å². The van der Waals surface area contributed by atoms with Crippen LogP contribution in [0.3, 0.4) is 0 Å². The van der Waals surface area contributed by atoms with E-state index in [1.807, 2.05) is 35.9 Å². The van der Waals surface area contributed by atoms with Gasteiger partial charge in [-0.3, -0.25) is 15.1 Å². The molecule has 0 aliphatic carbocycles. The summed E-state index contributed by atoms with van der Waals surface area (Å²) in [6.45, 7) is 0.774. The summed E-state index contributed by atoms with van der Waals surface area (Å²) >= 11 is 5.10. The lowest BCUT2D eigenvalue weighted by Crippen LogP contribution is -2.29. The molecule has 19 heavy (non-hydrogen) atoms. The van der Waals surface area contributed by atoms with Crippen molar-refractivity contribution >= 4 is 49.7 Å². The Morgan fingerprint density at radius 3 is 2.95 bits per heavy atom. The summed E-state index contributed by atoms with van der Waals surface area (Å²) in [7, 11) is 1.89. The maximum atomic E-state index is 12.4. The van der Waals surface area contributed by atoms with E-state index in [0.717, 1.165) is 27.7 Å². The number of nitrogens with zero attached hydrogens (tertiary/aromatic N) is 2. The van der Waals surface area contributed by atoms with E-state index in [1.165, 1.54) is 0 Å². The van der Waals surface area contributed by atoms with Crippen molar-refractivity contribution in [1.82, 2.24) is 9.88 Å². The summed E-state index contributed by atoms with van der Waals surface area (Å²) in [6, 6.07) is 7.93. The van der Waals surface area contributed by atoms with E-state index in [-0.39, 0.29) is 5.91 Å². The van der Waals surface area contributed by atoms with Gasteiger partial charge in [-0.25, -0.2) is 0 Å². The van der Waals surface area contributed by atoms with Gasteiger partial charge in [0.05, 0.1) is 11.0 Å². The molecular weight excluding hydrogens is 326 g/mol. The van der Waals surface area contributed by atoms with Crippen LogP contribution in [-0.4, -0.2) is 27.9 Å². The Morgan fingerprint density at radius 2 is 2.26 bits per heavy atom. The van der Waals surface area contributed by atoms with Crippen molar-refractivity contribution in [2.24, 2.45) is 12.0 Å². The van der Waals surface area contributed by atoms with Gasteiger partial charge in [0.1, 0.15) is 5.69 Å². The maximum absolute atomic E-state index is 12.4. The zero-order valence-electron chi connectivity index (χ0n) is 10.3. The molecule has 0 atom stereocenters. The van der Waals surface area contributed by atoms with Crippen molar-refractivity contribution in [2.45, 2.75) is 0 Å². The van der Waals surface area contributed by atoms with E-state index in [2.05, 4.69) is 26.2 Å². The van der Waals surface area contributed by atoms with Crippen LogP contribution in [0.1, 0.15) is 10.5 Å². The first-order valence-corrected chi connectivity index (χ1v) is 7.68. The molecule has 0 bridgehead atoms. The second-order valence-electron chi connectivity index (χ2n) is 4.23. The topological polar surface area (TPSA) is 46.4 Å². The highest BCUT2D eigenvalue weighted by Crippen LogP contribution is 2.30. The predicted octanol–water partition coefficient (Wildman–Crippen LogP) is 2.77. The molecule has 2 heterocycles. The van der Waals surface area contributed by atoms with Gasteiger partial charge in [-0.2, -0.15) is 0 Å². The van der Waals surface area contributed by atoms with Gasteiger partial charge in [0.15, 0.2) is 5.17 Å². The highest BCUT2D eigenvalue weighted by molar-refractivity contribution is 9.10. The molecule has 1 aromatic carbocycles. The van der Waals surface area contributed by atoms with Crippen molar-refractivity contribution in [3.05, 3.63) is 34.4 Å². The fourth-order valence-electron chi connectivity index (χ4n) is 2.17. The number of aromatic nitrogens is 1. The molecule has 1 N–H and O–H groups in total. The van der Waals surface area contributed by atoms with Gasteiger partial charge in [-0.1, -0.05) is 30.0 Å². The Labute approximate surface area is 123 Å². The molecule has 1 aliphatic heterocycles. The molecule has 3 rings (SSSR count). The third-order valence-electron chi connectivity index (χ3n) is 3.07. The van der Waals surface area contributed by atoms with E-state index in [0.29, 0.717) is 10.9 Å². The normalized spacial score (nSPS) is 14.7. The van der Waals surface area contributed by atoms with E-state index in [1.54, 1.807) is 11.8 Å². The Hall–Kier alpha value is -1.27. The molecule has 0 saturated carbocycles. The molecule has 2 aromatic rings. The van der Waals surface area contributed by atoms with E-state index >= 15 is 0 Å². The average Bonchev–Trinajstić information content (AvgIpc) is 2.99. The third kappa shape index (κ3) is 2.19. The van der Waals surface area contributed by atoms with Crippen LogP contribution in [0.15, 0.2) is 33.7 Å². The molecular formula is C13H12BrN3OS. The summed E-state index contributed by atoms with van der Waals surface area (Å²) in [5.41, 5.74) is 1.65. The molecule has 4 nitrogen and oxygen atoms in total. The van der Waals surface area contributed by atoms with Crippen LogP contribution < -0.4 is 5.32 Å². The first-order chi connectivity index (χ1) is 9.18. The second kappa shape index (κ2) is 5.02. The lowest BCUT2D eigenvalue weighted by Gasteiger charge is -2.06. The molecule has 0 spiro atoms. The first kappa shape index (κ1) is 12.7. The molecule has 1 aliphatic rings. The van der Waals surface area contributed by atoms with Gasteiger partial charge in [-0.05, 0) is 22.0 Å². The number of aryl methyl sites for hydroxylation is 1. The number of carbonyl (C=O) groups excluding carboxylic acids is 1. The molecule has 6 heteroatoms. The Bertz CT molecular complexity index is 653. The molecule has 1 amide bonds. The lowest BCUT2D eigenvalue weighted by atomic mass is 10.2. The molecule has 0 radical (unpaired) electrons. The second-order valence-corrected chi connectivity index (χ2v) is 6.10. The minimum absolute atomic E-state index is 0.126. The van der Waals surface area contributed by atoms with Gasteiger partial charge >= 0.3 is 0 Å². The number of benzene rings is 1. The number of aliphatic imine (C=N–C) groups is 1. The Morgan fingerprint density at radius 1 is 1.47 bits per heavy atom. The van der Waals surface area contributed by atoms with Gasteiger partial charge in [0.25, 0.3) is 5.91 Å². The van der Waals surface area contributed by atoms with Crippen molar-refractivity contribution in [3.8, 4) is 0 Å². The van der Waals surface area contributed by atoms with Crippen LogP contribution in [0.4, 0.5) is 0 Å². The molecule has 0 saturated heterocycles. The summed E-state index contributed by atoms with van der Waals surface area (Å²) in [5, 5.41) is 4.61. The number of hydrogen-bond acceptors (Lipinski definition) is 3. The van der Waals surface area contributed by atoms with Crippen LogP contribution in [0.5, 0.6) is 0 Å². The highest BCUT2D eigenvalue weighted by atomic mass is 79.9. The number of amidine groups is 1. The minimum atomic E-state index is -0.126. The maximum Gasteiger partial charge on any atom is 0.275 e. The van der Waals surface area contributed by atoms with Gasteiger partial charge in [0.2, 0.25) is 0 Å². The standard InChI is InChI=1S/C13H12BrN3OS/c1-17-9-5-3-2-4-8(9)10(14)11(17)12(18)16-13-15-6-7-19-13/h2-5H,6-7H2,1H3,(H,15,16,18). The first-order valence-electron chi connectivity index (χ1n) is 5.90. The fourth-order valence-corrected chi connectivity index (χ4v) is 3.67. The number of rotatable bonds is 1. The smallest absolute Gasteiger partial charge is 0.275 e.